The zero-order chi connectivity index (χ0) is 18.1. The van der Waals surface area contributed by atoms with Gasteiger partial charge in [0.2, 0.25) is 0 Å². The molecule has 0 spiro atoms. The van der Waals surface area contributed by atoms with Crippen LogP contribution >= 0.6 is 27.7 Å². The summed E-state index contributed by atoms with van der Waals surface area (Å²) in [6.45, 7) is 1.11. The van der Waals surface area contributed by atoms with Gasteiger partial charge in [0, 0.05) is 17.3 Å². The van der Waals surface area contributed by atoms with E-state index in [4.69, 9.17) is 9.47 Å². The summed E-state index contributed by atoms with van der Waals surface area (Å²) in [6.07, 6.45) is 0. The Morgan fingerprint density at radius 3 is 2.65 bits per heavy atom. The van der Waals surface area contributed by atoms with Crippen LogP contribution in [0.2, 0.25) is 0 Å². The summed E-state index contributed by atoms with van der Waals surface area (Å²) >= 11 is 5.10. The summed E-state index contributed by atoms with van der Waals surface area (Å²) in [4.78, 5) is 0. The highest BCUT2D eigenvalue weighted by atomic mass is 79.9. The summed E-state index contributed by atoms with van der Waals surface area (Å²) in [7, 11) is 1.84. The van der Waals surface area contributed by atoms with Crippen molar-refractivity contribution in [3.8, 4) is 22.9 Å². The first kappa shape index (κ1) is 17.4. The molecule has 2 aromatic carbocycles. The monoisotopic (exact) mass is 435 g/mol. The lowest BCUT2D eigenvalue weighted by Crippen LogP contribution is -2.15. The second kappa shape index (κ2) is 7.28. The maximum atomic E-state index is 14.0. The molecular formula is C18H15BrFN3O2S. The normalized spacial score (nSPS) is 13.0. The molecule has 0 radical (unpaired) electrons. The topological polar surface area (TPSA) is 49.2 Å². The van der Waals surface area contributed by atoms with E-state index in [9.17, 15) is 4.39 Å². The highest BCUT2D eigenvalue weighted by Gasteiger charge is 2.17. The minimum atomic E-state index is -0.311. The zero-order valence-corrected chi connectivity index (χ0v) is 16.3. The Labute approximate surface area is 162 Å². The van der Waals surface area contributed by atoms with Crippen LogP contribution in [0.15, 0.2) is 46.0 Å². The van der Waals surface area contributed by atoms with Crippen molar-refractivity contribution >= 4 is 27.7 Å². The molecule has 5 nitrogen and oxygen atoms in total. The van der Waals surface area contributed by atoms with Gasteiger partial charge in [0.25, 0.3) is 0 Å². The van der Waals surface area contributed by atoms with Gasteiger partial charge in [-0.2, -0.15) is 0 Å². The Hall–Kier alpha value is -2.06. The quantitative estimate of drug-likeness (QED) is 0.566. The van der Waals surface area contributed by atoms with Gasteiger partial charge in [-0.25, -0.2) is 4.39 Å². The third-order valence-electron chi connectivity index (χ3n) is 4.02. The third-order valence-corrected chi connectivity index (χ3v) is 5.82. The fourth-order valence-corrected chi connectivity index (χ4v) is 4.23. The number of hydrogen-bond donors (Lipinski definition) is 0. The molecule has 0 fully saturated rings. The summed E-state index contributed by atoms with van der Waals surface area (Å²) < 4.78 is 28.0. The first-order valence-corrected chi connectivity index (χ1v) is 9.76. The largest absolute Gasteiger partial charge is 0.486 e. The fraction of sp³-hybridized carbons (Fsp3) is 0.222. The van der Waals surface area contributed by atoms with E-state index in [1.165, 1.54) is 17.8 Å². The Balaban J connectivity index is 1.55. The number of halogens is 2. The van der Waals surface area contributed by atoms with Gasteiger partial charge in [-0.15, -0.1) is 10.2 Å². The van der Waals surface area contributed by atoms with E-state index >= 15 is 0 Å². The average Bonchev–Trinajstić information content (AvgIpc) is 3.01. The Bertz CT molecular complexity index is 964. The lowest BCUT2D eigenvalue weighted by atomic mass is 10.2. The number of benzene rings is 2. The Morgan fingerprint density at radius 1 is 1.15 bits per heavy atom. The van der Waals surface area contributed by atoms with Gasteiger partial charge in [0.15, 0.2) is 22.5 Å². The summed E-state index contributed by atoms with van der Waals surface area (Å²) in [5.41, 5.74) is 1.50. The number of rotatable bonds is 4. The fourth-order valence-electron chi connectivity index (χ4n) is 2.68. The van der Waals surface area contributed by atoms with Gasteiger partial charge in [-0.3, -0.25) is 0 Å². The van der Waals surface area contributed by atoms with Crippen LogP contribution in [0.3, 0.4) is 0 Å². The van der Waals surface area contributed by atoms with Crippen LogP contribution in [0.4, 0.5) is 4.39 Å². The van der Waals surface area contributed by atoms with Gasteiger partial charge >= 0.3 is 0 Å². The van der Waals surface area contributed by atoms with Crippen molar-refractivity contribution < 1.29 is 13.9 Å². The van der Waals surface area contributed by atoms with Gasteiger partial charge in [0.1, 0.15) is 19.0 Å². The minimum Gasteiger partial charge on any atom is -0.486 e. The number of ether oxygens (including phenoxy) is 2. The maximum absolute atomic E-state index is 14.0. The molecular weight excluding hydrogens is 421 g/mol. The number of thioether (sulfide) groups is 1. The second-order valence-electron chi connectivity index (χ2n) is 5.72. The van der Waals surface area contributed by atoms with Gasteiger partial charge in [-0.05, 0) is 29.8 Å². The predicted octanol–water partition coefficient (Wildman–Crippen LogP) is 4.45. The Kier molecular flexibility index (Phi) is 4.86. The van der Waals surface area contributed by atoms with E-state index in [-0.39, 0.29) is 5.82 Å². The molecule has 4 rings (SSSR count). The molecule has 0 aliphatic carbocycles. The summed E-state index contributed by atoms with van der Waals surface area (Å²) in [5, 5.41) is 9.06. The van der Waals surface area contributed by atoms with Crippen LogP contribution in [-0.4, -0.2) is 28.0 Å². The highest BCUT2D eigenvalue weighted by molar-refractivity contribution is 9.10. The average molecular weight is 436 g/mol. The van der Waals surface area contributed by atoms with E-state index in [1.807, 2.05) is 19.2 Å². The third kappa shape index (κ3) is 3.31. The second-order valence-corrected chi connectivity index (χ2v) is 7.52. The SMILES string of the molecule is Cn1c(SCc2cc3c(cc2Br)OCCO3)nnc1-c1ccccc1F. The smallest absolute Gasteiger partial charge is 0.191 e. The maximum Gasteiger partial charge on any atom is 0.191 e. The van der Waals surface area contributed by atoms with Gasteiger partial charge in [0.05, 0.1) is 5.56 Å². The molecule has 3 aromatic rings. The van der Waals surface area contributed by atoms with Crippen molar-refractivity contribution in [3.63, 3.8) is 0 Å². The van der Waals surface area contributed by atoms with Crippen LogP contribution in [-0.2, 0) is 12.8 Å². The molecule has 1 aromatic heterocycles. The number of hydrogen-bond acceptors (Lipinski definition) is 5. The molecule has 0 saturated heterocycles. The van der Waals surface area contributed by atoms with Gasteiger partial charge < -0.3 is 14.0 Å². The van der Waals surface area contributed by atoms with E-state index < -0.39 is 0 Å². The number of nitrogens with zero attached hydrogens (tertiary/aromatic N) is 3. The molecule has 0 unspecified atom stereocenters. The lowest BCUT2D eigenvalue weighted by molar-refractivity contribution is 0.171. The van der Waals surface area contributed by atoms with E-state index in [2.05, 4.69) is 26.1 Å². The van der Waals surface area contributed by atoms with Crippen LogP contribution < -0.4 is 9.47 Å². The molecule has 26 heavy (non-hydrogen) atoms. The van der Waals surface area contributed by atoms with Crippen LogP contribution in [0.25, 0.3) is 11.4 Å². The van der Waals surface area contributed by atoms with Gasteiger partial charge in [-0.1, -0.05) is 39.8 Å². The van der Waals surface area contributed by atoms with Crippen molar-refractivity contribution in [3.05, 3.63) is 52.3 Å². The van der Waals surface area contributed by atoms with Crippen LogP contribution in [0.5, 0.6) is 11.5 Å². The number of aromatic nitrogens is 3. The van der Waals surface area contributed by atoms with Crippen molar-refractivity contribution in [2.24, 2.45) is 7.05 Å². The van der Waals surface area contributed by atoms with Crippen LogP contribution in [0.1, 0.15) is 5.56 Å². The number of fused-ring (bicyclic) bond motifs is 1. The molecule has 0 saturated carbocycles. The summed E-state index contributed by atoms with van der Waals surface area (Å²) in [5.74, 6) is 2.36. The molecule has 0 bridgehead atoms. The first-order valence-electron chi connectivity index (χ1n) is 7.98. The predicted molar refractivity (Wildman–Crippen MR) is 101 cm³/mol. The lowest BCUT2D eigenvalue weighted by Gasteiger charge is -2.19. The van der Waals surface area contributed by atoms with E-state index in [0.29, 0.717) is 35.5 Å². The van der Waals surface area contributed by atoms with Crippen molar-refractivity contribution in [2.75, 3.05) is 13.2 Å². The molecule has 8 heteroatoms. The van der Waals surface area contributed by atoms with E-state index in [0.717, 1.165) is 21.5 Å². The molecule has 1 aliphatic heterocycles. The standard InChI is InChI=1S/C18H15BrFN3O2S/c1-23-17(12-4-2-3-5-14(12)20)21-22-18(23)26-10-11-8-15-16(9-13(11)19)25-7-6-24-15/h2-5,8-9H,6-7,10H2,1H3. The summed E-state index contributed by atoms with van der Waals surface area (Å²) in [6, 6.07) is 10.5. The first-order chi connectivity index (χ1) is 12.6. The van der Waals surface area contributed by atoms with E-state index in [1.54, 1.807) is 22.8 Å². The highest BCUT2D eigenvalue weighted by Crippen LogP contribution is 2.37. The van der Waals surface area contributed by atoms with Crippen molar-refractivity contribution in [2.45, 2.75) is 10.9 Å². The minimum absolute atomic E-state index is 0.311. The zero-order valence-electron chi connectivity index (χ0n) is 13.9. The molecule has 134 valence electrons. The molecule has 1 aliphatic rings. The molecule has 0 atom stereocenters. The Morgan fingerprint density at radius 2 is 1.88 bits per heavy atom. The molecule has 0 N–H and O–H groups in total. The molecule has 2 heterocycles. The molecule has 0 amide bonds. The van der Waals surface area contributed by atoms with Crippen LogP contribution in [0, 0.1) is 5.82 Å². The van der Waals surface area contributed by atoms with Crippen molar-refractivity contribution in [1.29, 1.82) is 0 Å². The van der Waals surface area contributed by atoms with Crippen molar-refractivity contribution in [1.82, 2.24) is 14.8 Å².